The number of anilines is 2. The summed E-state index contributed by atoms with van der Waals surface area (Å²) in [5, 5.41) is 8.01. The maximum atomic E-state index is 12.2. The fraction of sp³-hybridized carbons (Fsp3) is 0.462. The van der Waals surface area contributed by atoms with Crippen LogP contribution in [0.5, 0.6) is 0 Å². The van der Waals surface area contributed by atoms with E-state index < -0.39 is 6.04 Å². The fourth-order valence-electron chi connectivity index (χ4n) is 2.35. The lowest BCUT2D eigenvalue weighted by molar-refractivity contribution is -0.117. The second-order valence-electron chi connectivity index (χ2n) is 4.87. The molecule has 2 aliphatic heterocycles. The summed E-state index contributed by atoms with van der Waals surface area (Å²) in [6.07, 6.45) is 1.73. The third-order valence-electron chi connectivity index (χ3n) is 3.44. The van der Waals surface area contributed by atoms with E-state index in [1.165, 1.54) is 0 Å². The molecule has 1 aromatic rings. The average Bonchev–Trinajstić information content (AvgIpc) is 2.95. The van der Waals surface area contributed by atoms with Crippen molar-refractivity contribution in [3.8, 4) is 0 Å². The zero-order chi connectivity index (χ0) is 14.7. The van der Waals surface area contributed by atoms with Crippen LogP contribution in [-0.2, 0) is 4.79 Å². The molecule has 0 radical (unpaired) electrons. The third kappa shape index (κ3) is 3.21. The highest BCUT2D eigenvalue weighted by Crippen LogP contribution is 2.25. The number of pyridine rings is 1. The molecule has 3 amide bonds. The van der Waals surface area contributed by atoms with Crippen molar-refractivity contribution in [1.82, 2.24) is 15.6 Å². The zero-order valence-electron chi connectivity index (χ0n) is 11.5. The fourth-order valence-corrected chi connectivity index (χ4v) is 3.26. The molecule has 1 aromatic heterocycles. The minimum atomic E-state index is -0.539. The SMILES string of the molecule is O=C1NC[C@@H](C(=O)Nc2cccnc2N2CCSCC2)N1. The van der Waals surface area contributed by atoms with Gasteiger partial charge in [0.1, 0.15) is 6.04 Å². The highest BCUT2D eigenvalue weighted by atomic mass is 32.2. The summed E-state index contributed by atoms with van der Waals surface area (Å²) in [7, 11) is 0. The summed E-state index contributed by atoms with van der Waals surface area (Å²) in [5.41, 5.74) is 0.690. The molecule has 7 nitrogen and oxygen atoms in total. The van der Waals surface area contributed by atoms with Crippen molar-refractivity contribution in [2.45, 2.75) is 6.04 Å². The molecule has 1 atom stereocenters. The van der Waals surface area contributed by atoms with Gasteiger partial charge < -0.3 is 20.9 Å². The molecule has 0 spiro atoms. The Balaban J connectivity index is 1.72. The van der Waals surface area contributed by atoms with Crippen LogP contribution in [0.2, 0.25) is 0 Å². The van der Waals surface area contributed by atoms with Gasteiger partial charge in [0.05, 0.1) is 5.69 Å². The highest BCUT2D eigenvalue weighted by molar-refractivity contribution is 7.99. The van der Waals surface area contributed by atoms with Crippen LogP contribution >= 0.6 is 11.8 Å². The normalized spacial score (nSPS) is 21.6. The Morgan fingerprint density at radius 2 is 2.24 bits per heavy atom. The summed E-state index contributed by atoms with van der Waals surface area (Å²) in [5.74, 6) is 2.69. The third-order valence-corrected chi connectivity index (χ3v) is 4.39. The van der Waals surface area contributed by atoms with Crippen LogP contribution in [-0.4, -0.2) is 54.1 Å². The Bertz CT molecular complexity index is 547. The number of rotatable bonds is 3. The lowest BCUT2D eigenvalue weighted by atomic mass is 10.2. The maximum Gasteiger partial charge on any atom is 0.315 e. The van der Waals surface area contributed by atoms with Crippen LogP contribution < -0.4 is 20.9 Å². The van der Waals surface area contributed by atoms with Gasteiger partial charge in [0.25, 0.3) is 0 Å². The van der Waals surface area contributed by atoms with E-state index in [0.717, 1.165) is 30.4 Å². The molecule has 2 aliphatic rings. The highest BCUT2D eigenvalue weighted by Gasteiger charge is 2.27. The number of hydrogen-bond donors (Lipinski definition) is 3. The summed E-state index contributed by atoms with van der Waals surface area (Å²) >= 11 is 1.92. The number of nitrogens with zero attached hydrogens (tertiary/aromatic N) is 2. The van der Waals surface area contributed by atoms with Gasteiger partial charge in [-0.25, -0.2) is 9.78 Å². The number of hydrogen-bond acceptors (Lipinski definition) is 5. The molecule has 2 fully saturated rings. The van der Waals surface area contributed by atoms with Crippen LogP contribution in [0.15, 0.2) is 18.3 Å². The number of nitrogens with one attached hydrogen (secondary N) is 3. The van der Waals surface area contributed by atoms with E-state index >= 15 is 0 Å². The van der Waals surface area contributed by atoms with E-state index in [1.54, 1.807) is 12.3 Å². The predicted molar refractivity (Wildman–Crippen MR) is 82.7 cm³/mol. The average molecular weight is 307 g/mol. The molecule has 0 unspecified atom stereocenters. The Hall–Kier alpha value is -1.96. The van der Waals surface area contributed by atoms with Gasteiger partial charge in [-0.1, -0.05) is 0 Å². The standard InChI is InChI=1S/C13H17N5O2S/c19-12(10-8-15-13(20)17-10)16-9-2-1-3-14-11(9)18-4-6-21-7-5-18/h1-3,10H,4-8H2,(H,16,19)(H2,15,17,20)/t10-/m0/s1. The summed E-state index contributed by atoms with van der Waals surface area (Å²) in [6, 6.07) is 2.78. The summed E-state index contributed by atoms with van der Waals surface area (Å²) < 4.78 is 0. The van der Waals surface area contributed by atoms with Crippen molar-refractivity contribution in [3.05, 3.63) is 18.3 Å². The zero-order valence-corrected chi connectivity index (χ0v) is 12.3. The minimum absolute atomic E-state index is 0.228. The molecule has 3 rings (SSSR count). The van der Waals surface area contributed by atoms with Crippen molar-refractivity contribution >= 4 is 35.2 Å². The monoisotopic (exact) mass is 307 g/mol. The van der Waals surface area contributed by atoms with E-state index in [9.17, 15) is 9.59 Å². The molecule has 0 aromatic carbocycles. The van der Waals surface area contributed by atoms with Crippen molar-refractivity contribution in [3.63, 3.8) is 0 Å². The topological polar surface area (TPSA) is 86.4 Å². The second-order valence-corrected chi connectivity index (χ2v) is 6.09. The lowest BCUT2D eigenvalue weighted by Crippen LogP contribution is -2.39. The first-order valence-corrected chi connectivity index (χ1v) is 8.02. The van der Waals surface area contributed by atoms with Crippen LogP contribution in [0.4, 0.5) is 16.3 Å². The number of carbonyl (C=O) groups is 2. The number of urea groups is 1. The van der Waals surface area contributed by atoms with E-state index in [1.807, 2.05) is 17.8 Å². The van der Waals surface area contributed by atoms with Crippen molar-refractivity contribution < 1.29 is 9.59 Å². The minimum Gasteiger partial charge on any atom is -0.353 e. The maximum absolute atomic E-state index is 12.2. The van der Waals surface area contributed by atoms with Crippen LogP contribution in [0.3, 0.4) is 0 Å². The quantitative estimate of drug-likeness (QED) is 0.745. The number of amides is 3. The molecule has 3 N–H and O–H groups in total. The molecule has 3 heterocycles. The molecule has 0 bridgehead atoms. The van der Waals surface area contributed by atoms with Gasteiger partial charge in [0.2, 0.25) is 5.91 Å². The van der Waals surface area contributed by atoms with E-state index in [4.69, 9.17) is 0 Å². The predicted octanol–water partition coefficient (Wildman–Crippen LogP) is 0.255. The van der Waals surface area contributed by atoms with Gasteiger partial charge in [0.15, 0.2) is 5.82 Å². The Morgan fingerprint density at radius 1 is 1.43 bits per heavy atom. The summed E-state index contributed by atoms with van der Waals surface area (Å²) in [4.78, 5) is 29.9. The van der Waals surface area contributed by atoms with Gasteiger partial charge in [0, 0.05) is 37.3 Å². The molecule has 2 saturated heterocycles. The van der Waals surface area contributed by atoms with Crippen molar-refractivity contribution in [2.24, 2.45) is 0 Å². The smallest absolute Gasteiger partial charge is 0.315 e. The van der Waals surface area contributed by atoms with E-state index in [2.05, 4.69) is 25.8 Å². The van der Waals surface area contributed by atoms with Crippen molar-refractivity contribution in [2.75, 3.05) is 41.4 Å². The van der Waals surface area contributed by atoms with E-state index in [0.29, 0.717) is 12.2 Å². The Labute approximate surface area is 126 Å². The first kappa shape index (κ1) is 14.0. The largest absolute Gasteiger partial charge is 0.353 e. The molecule has 112 valence electrons. The van der Waals surface area contributed by atoms with Gasteiger partial charge in [-0.15, -0.1) is 0 Å². The van der Waals surface area contributed by atoms with Crippen molar-refractivity contribution in [1.29, 1.82) is 0 Å². The molecule has 21 heavy (non-hydrogen) atoms. The summed E-state index contributed by atoms with van der Waals surface area (Å²) in [6.45, 7) is 2.15. The number of thioether (sulfide) groups is 1. The molecule has 8 heteroatoms. The number of aromatic nitrogens is 1. The van der Waals surface area contributed by atoms with Crippen LogP contribution in [0.25, 0.3) is 0 Å². The first-order valence-electron chi connectivity index (χ1n) is 6.87. The molecule has 0 saturated carbocycles. The molecule has 0 aliphatic carbocycles. The van der Waals surface area contributed by atoms with Crippen LogP contribution in [0.1, 0.15) is 0 Å². The van der Waals surface area contributed by atoms with E-state index in [-0.39, 0.29) is 11.9 Å². The Kier molecular flexibility index (Phi) is 4.14. The lowest BCUT2D eigenvalue weighted by Gasteiger charge is -2.29. The van der Waals surface area contributed by atoms with Gasteiger partial charge in [-0.3, -0.25) is 4.79 Å². The number of carbonyl (C=O) groups excluding carboxylic acids is 2. The van der Waals surface area contributed by atoms with Gasteiger partial charge in [-0.05, 0) is 12.1 Å². The molecular weight excluding hydrogens is 290 g/mol. The van der Waals surface area contributed by atoms with Gasteiger partial charge in [-0.2, -0.15) is 11.8 Å². The molecular formula is C13H17N5O2S. The Morgan fingerprint density at radius 3 is 2.95 bits per heavy atom. The first-order chi connectivity index (χ1) is 10.2. The second kappa shape index (κ2) is 6.21. The van der Waals surface area contributed by atoms with Gasteiger partial charge >= 0.3 is 6.03 Å². The van der Waals surface area contributed by atoms with Crippen LogP contribution in [0, 0.1) is 0 Å².